The molecule has 1 aliphatic heterocycles. The van der Waals surface area contributed by atoms with Gasteiger partial charge in [-0.2, -0.15) is 5.48 Å². The summed E-state index contributed by atoms with van der Waals surface area (Å²) in [6, 6.07) is 8.09. The highest BCUT2D eigenvalue weighted by atomic mass is 35.5. The van der Waals surface area contributed by atoms with Gasteiger partial charge in [-0.05, 0) is 30.7 Å². The van der Waals surface area contributed by atoms with Gasteiger partial charge in [0, 0.05) is 32.5 Å². The van der Waals surface area contributed by atoms with Gasteiger partial charge in [0.2, 0.25) is 5.91 Å². The molecule has 33 heavy (non-hydrogen) atoms. The van der Waals surface area contributed by atoms with Crippen molar-refractivity contribution in [1.82, 2.24) is 5.48 Å². The zero-order valence-electron chi connectivity index (χ0n) is 18.0. The van der Waals surface area contributed by atoms with Crippen molar-refractivity contribution in [3.63, 3.8) is 0 Å². The third-order valence-electron chi connectivity index (χ3n) is 5.40. The van der Waals surface area contributed by atoms with E-state index in [1.807, 2.05) is 6.92 Å². The molecule has 2 aromatic carbocycles. The average Bonchev–Trinajstić information content (AvgIpc) is 2.77. The normalized spacial score (nSPS) is 16.4. The van der Waals surface area contributed by atoms with Gasteiger partial charge in [0.25, 0.3) is 5.92 Å². The molecule has 0 aliphatic carbocycles. The Hall–Kier alpha value is -2.33. The van der Waals surface area contributed by atoms with Crippen molar-refractivity contribution >= 4 is 46.2 Å². The maximum atomic E-state index is 13.6. The van der Waals surface area contributed by atoms with E-state index in [1.165, 1.54) is 6.07 Å². The Labute approximate surface area is 200 Å². The number of halogens is 4. The summed E-state index contributed by atoms with van der Waals surface area (Å²) in [5, 5.41) is 12.8. The van der Waals surface area contributed by atoms with Gasteiger partial charge in [0.15, 0.2) is 0 Å². The minimum absolute atomic E-state index is 0.0598. The standard InChI is InChI=1S/C22H26Cl2F2N4O3/c1-2-28-33-14-5-3-13(4-6-14)15(12-31)21(32)29-19-17(27)11-16(23)20(18(19)24)30-9-7-22(25,26)8-10-30/h3-6,11,15,28,31H,2,7-10,12,27H2,1H3,(H,29,32). The van der Waals surface area contributed by atoms with Crippen molar-refractivity contribution in [1.29, 1.82) is 0 Å². The van der Waals surface area contributed by atoms with E-state index in [0.29, 0.717) is 23.5 Å². The molecular weight excluding hydrogens is 477 g/mol. The number of aliphatic hydroxyl groups is 1. The third kappa shape index (κ3) is 5.97. The summed E-state index contributed by atoms with van der Waals surface area (Å²) in [6.45, 7) is 2.17. The van der Waals surface area contributed by atoms with Crippen molar-refractivity contribution in [2.75, 3.05) is 42.2 Å². The van der Waals surface area contributed by atoms with Crippen LogP contribution in [-0.2, 0) is 4.79 Å². The minimum Gasteiger partial charge on any atom is -0.409 e. The number of amides is 1. The van der Waals surface area contributed by atoms with E-state index in [4.69, 9.17) is 33.8 Å². The van der Waals surface area contributed by atoms with Crippen molar-refractivity contribution in [3.05, 3.63) is 45.9 Å². The number of nitrogen functional groups attached to an aromatic ring is 1. The summed E-state index contributed by atoms with van der Waals surface area (Å²) in [7, 11) is 0. The first kappa shape index (κ1) is 25.3. The number of hydrogen-bond donors (Lipinski definition) is 4. The maximum Gasteiger partial charge on any atom is 0.251 e. The van der Waals surface area contributed by atoms with Crippen LogP contribution in [0.2, 0.25) is 10.0 Å². The Balaban J connectivity index is 1.82. The van der Waals surface area contributed by atoms with Gasteiger partial charge in [0.05, 0.1) is 39.6 Å². The smallest absolute Gasteiger partial charge is 0.251 e. The van der Waals surface area contributed by atoms with Crippen molar-refractivity contribution in [2.24, 2.45) is 0 Å². The molecule has 0 bridgehead atoms. The van der Waals surface area contributed by atoms with Crippen LogP contribution in [0, 0.1) is 0 Å². The van der Waals surface area contributed by atoms with Crippen LogP contribution in [0.5, 0.6) is 5.75 Å². The number of piperidine rings is 1. The quantitative estimate of drug-likeness (QED) is 0.314. The zero-order valence-corrected chi connectivity index (χ0v) is 19.5. The zero-order chi connectivity index (χ0) is 24.2. The fourth-order valence-electron chi connectivity index (χ4n) is 3.58. The van der Waals surface area contributed by atoms with E-state index in [2.05, 4.69) is 10.8 Å². The highest BCUT2D eigenvalue weighted by molar-refractivity contribution is 6.42. The second-order valence-corrected chi connectivity index (χ2v) is 8.51. The SMILES string of the molecule is CCNOc1ccc(C(CO)C(=O)Nc2c(N)cc(Cl)c(N3CCC(F)(F)CC3)c2Cl)cc1. The van der Waals surface area contributed by atoms with Gasteiger partial charge in [-0.15, -0.1) is 0 Å². The molecule has 1 saturated heterocycles. The van der Waals surface area contributed by atoms with E-state index < -0.39 is 24.4 Å². The number of nitrogens with two attached hydrogens (primary N) is 1. The Kier molecular flexibility index (Phi) is 8.23. The second-order valence-electron chi connectivity index (χ2n) is 7.72. The van der Waals surface area contributed by atoms with Crippen LogP contribution in [0.25, 0.3) is 0 Å². The molecule has 1 heterocycles. The Morgan fingerprint density at radius 1 is 1.27 bits per heavy atom. The largest absolute Gasteiger partial charge is 0.409 e. The number of carbonyl (C=O) groups is 1. The number of nitrogens with one attached hydrogen (secondary N) is 2. The van der Waals surface area contributed by atoms with E-state index in [-0.39, 0.29) is 47.4 Å². The number of rotatable bonds is 8. The number of nitrogens with zero attached hydrogens (tertiary/aromatic N) is 1. The molecule has 0 saturated carbocycles. The van der Waals surface area contributed by atoms with Crippen molar-refractivity contribution in [2.45, 2.75) is 31.6 Å². The van der Waals surface area contributed by atoms with Crippen LogP contribution in [0.4, 0.5) is 25.8 Å². The molecule has 3 rings (SSSR count). The Morgan fingerprint density at radius 2 is 1.91 bits per heavy atom. The highest BCUT2D eigenvalue weighted by Gasteiger charge is 2.35. The van der Waals surface area contributed by atoms with Crippen molar-refractivity contribution in [3.8, 4) is 5.75 Å². The number of benzene rings is 2. The first-order valence-corrected chi connectivity index (χ1v) is 11.2. The van der Waals surface area contributed by atoms with Gasteiger partial charge < -0.3 is 25.9 Å². The molecule has 1 aliphatic rings. The van der Waals surface area contributed by atoms with Gasteiger partial charge in [-0.3, -0.25) is 4.79 Å². The molecule has 0 radical (unpaired) electrons. The molecule has 0 aromatic heterocycles. The van der Waals surface area contributed by atoms with Crippen molar-refractivity contribution < 1.29 is 23.5 Å². The molecule has 1 amide bonds. The van der Waals surface area contributed by atoms with Gasteiger partial charge in [-0.25, -0.2) is 8.78 Å². The van der Waals surface area contributed by atoms with Crippen LogP contribution in [0.1, 0.15) is 31.2 Å². The molecule has 0 spiro atoms. The lowest BCUT2D eigenvalue weighted by atomic mass is 9.98. The first-order valence-electron chi connectivity index (χ1n) is 10.5. The van der Waals surface area contributed by atoms with E-state index in [9.17, 15) is 18.7 Å². The lowest BCUT2D eigenvalue weighted by Crippen LogP contribution is -2.39. The minimum atomic E-state index is -2.73. The van der Waals surface area contributed by atoms with Crippen LogP contribution < -0.4 is 26.3 Å². The maximum absolute atomic E-state index is 13.6. The lowest BCUT2D eigenvalue weighted by Gasteiger charge is -2.35. The Bertz CT molecular complexity index is 983. The predicted molar refractivity (Wildman–Crippen MR) is 126 cm³/mol. The molecular formula is C22H26Cl2F2N4O3. The first-order chi connectivity index (χ1) is 15.7. The molecule has 1 unspecified atom stereocenters. The molecule has 11 heteroatoms. The van der Waals surface area contributed by atoms with Gasteiger partial charge in [0.1, 0.15) is 5.75 Å². The van der Waals surface area contributed by atoms with E-state index >= 15 is 0 Å². The Morgan fingerprint density at radius 3 is 2.48 bits per heavy atom. The summed E-state index contributed by atoms with van der Waals surface area (Å²) in [4.78, 5) is 19.9. The second kappa shape index (κ2) is 10.7. The summed E-state index contributed by atoms with van der Waals surface area (Å²) in [5.74, 6) is -3.62. The number of aliphatic hydroxyl groups excluding tert-OH is 1. The summed E-state index contributed by atoms with van der Waals surface area (Å²) >= 11 is 12.9. The molecule has 2 aromatic rings. The molecule has 180 valence electrons. The molecule has 5 N–H and O–H groups in total. The molecule has 1 fully saturated rings. The highest BCUT2D eigenvalue weighted by Crippen LogP contribution is 2.45. The fourth-order valence-corrected chi connectivity index (χ4v) is 4.33. The van der Waals surface area contributed by atoms with Crippen LogP contribution in [0.3, 0.4) is 0 Å². The monoisotopic (exact) mass is 502 g/mol. The number of anilines is 3. The fraction of sp³-hybridized carbons (Fsp3) is 0.409. The number of carbonyl (C=O) groups excluding carboxylic acids is 1. The topological polar surface area (TPSA) is 99.8 Å². The van der Waals surface area contributed by atoms with Gasteiger partial charge >= 0.3 is 0 Å². The summed E-state index contributed by atoms with van der Waals surface area (Å²) < 4.78 is 27.2. The number of alkyl halides is 2. The van der Waals surface area contributed by atoms with E-state index in [0.717, 1.165) is 0 Å². The molecule has 1 atom stereocenters. The summed E-state index contributed by atoms with van der Waals surface area (Å²) in [5.41, 5.74) is 9.90. The number of hydroxylamine groups is 1. The number of hydrogen-bond acceptors (Lipinski definition) is 6. The van der Waals surface area contributed by atoms with Gasteiger partial charge in [-0.1, -0.05) is 35.3 Å². The van der Waals surface area contributed by atoms with E-state index in [1.54, 1.807) is 29.2 Å². The summed E-state index contributed by atoms with van der Waals surface area (Å²) in [6.07, 6.45) is -0.655. The average molecular weight is 503 g/mol. The predicted octanol–water partition coefficient (Wildman–Crippen LogP) is 4.43. The van der Waals surface area contributed by atoms with Crippen LogP contribution in [-0.4, -0.2) is 43.2 Å². The lowest BCUT2D eigenvalue weighted by molar-refractivity contribution is -0.118. The molecule has 7 nitrogen and oxygen atoms in total. The van der Waals surface area contributed by atoms with Crippen LogP contribution >= 0.6 is 23.2 Å². The van der Waals surface area contributed by atoms with Crippen LogP contribution in [0.15, 0.2) is 30.3 Å². The third-order valence-corrected chi connectivity index (χ3v) is 6.06.